The molecule has 1 atom stereocenters. The third kappa shape index (κ3) is 1.61. The standard InChI is InChI=1S/C12H9Cl2N3O/c1-6(13)7-2-3-10-9(4-7)16-12(18)11-8(14)5-15-17(10)11/h2-6H,1H3,(H,16,18). The predicted octanol–water partition coefficient (Wildman–Crippen LogP) is 3.13. The van der Waals surface area contributed by atoms with Crippen LogP contribution < -0.4 is 5.56 Å². The maximum atomic E-state index is 11.9. The van der Waals surface area contributed by atoms with Crippen LogP contribution in [0.2, 0.25) is 5.02 Å². The zero-order valence-electron chi connectivity index (χ0n) is 9.45. The van der Waals surface area contributed by atoms with Gasteiger partial charge in [-0.05, 0) is 24.6 Å². The number of fused-ring (bicyclic) bond motifs is 3. The molecule has 0 aliphatic rings. The van der Waals surface area contributed by atoms with Crippen LogP contribution in [0.3, 0.4) is 0 Å². The lowest BCUT2D eigenvalue weighted by Crippen LogP contribution is -2.11. The number of nitrogens with zero attached hydrogens (tertiary/aromatic N) is 2. The molecule has 0 aliphatic carbocycles. The van der Waals surface area contributed by atoms with Gasteiger partial charge in [0, 0.05) is 0 Å². The molecule has 1 aromatic carbocycles. The molecule has 0 bridgehead atoms. The fourth-order valence-corrected chi connectivity index (χ4v) is 2.33. The summed E-state index contributed by atoms with van der Waals surface area (Å²) in [6.07, 6.45) is 1.46. The highest BCUT2D eigenvalue weighted by Gasteiger charge is 2.11. The minimum absolute atomic E-state index is 0.116. The van der Waals surface area contributed by atoms with Crippen molar-refractivity contribution in [3.63, 3.8) is 0 Å². The van der Waals surface area contributed by atoms with E-state index in [-0.39, 0.29) is 10.9 Å². The highest BCUT2D eigenvalue weighted by atomic mass is 35.5. The average molecular weight is 282 g/mol. The molecule has 1 unspecified atom stereocenters. The van der Waals surface area contributed by atoms with Gasteiger partial charge in [-0.25, -0.2) is 4.52 Å². The Bertz CT molecular complexity index is 804. The molecule has 18 heavy (non-hydrogen) atoms. The largest absolute Gasteiger partial charge is 0.319 e. The first-order chi connectivity index (χ1) is 8.58. The van der Waals surface area contributed by atoms with E-state index in [0.717, 1.165) is 11.1 Å². The van der Waals surface area contributed by atoms with Gasteiger partial charge in [-0.2, -0.15) is 5.10 Å². The summed E-state index contributed by atoms with van der Waals surface area (Å²) in [5, 5.41) is 4.34. The summed E-state index contributed by atoms with van der Waals surface area (Å²) in [5.41, 5.74) is 2.52. The van der Waals surface area contributed by atoms with Crippen LogP contribution in [0.1, 0.15) is 17.9 Å². The molecule has 3 aromatic rings. The summed E-state index contributed by atoms with van der Waals surface area (Å²) >= 11 is 12.0. The molecule has 3 rings (SSSR count). The fraction of sp³-hybridized carbons (Fsp3) is 0.167. The van der Waals surface area contributed by atoms with Gasteiger partial charge in [0.05, 0.1) is 27.6 Å². The normalized spacial score (nSPS) is 13.3. The second kappa shape index (κ2) is 4.00. The minimum Gasteiger partial charge on any atom is -0.319 e. The van der Waals surface area contributed by atoms with Crippen LogP contribution in [0, 0.1) is 0 Å². The predicted molar refractivity (Wildman–Crippen MR) is 72.6 cm³/mol. The molecule has 0 saturated carbocycles. The van der Waals surface area contributed by atoms with Gasteiger partial charge in [-0.1, -0.05) is 17.7 Å². The molecule has 2 heterocycles. The Morgan fingerprint density at radius 2 is 2.22 bits per heavy atom. The first-order valence-electron chi connectivity index (χ1n) is 5.41. The van der Waals surface area contributed by atoms with Crippen molar-refractivity contribution in [1.82, 2.24) is 14.6 Å². The molecule has 0 radical (unpaired) electrons. The molecule has 1 N–H and O–H groups in total. The van der Waals surface area contributed by atoms with Gasteiger partial charge in [0.25, 0.3) is 5.56 Å². The van der Waals surface area contributed by atoms with Crippen molar-refractivity contribution in [3.8, 4) is 0 Å². The molecule has 2 aromatic heterocycles. The van der Waals surface area contributed by atoms with Crippen molar-refractivity contribution in [2.45, 2.75) is 12.3 Å². The summed E-state index contributed by atoms with van der Waals surface area (Å²) in [5.74, 6) is 0. The van der Waals surface area contributed by atoms with Crippen LogP contribution in [-0.4, -0.2) is 14.6 Å². The number of hydrogen-bond acceptors (Lipinski definition) is 2. The number of aromatic amines is 1. The number of alkyl halides is 1. The zero-order chi connectivity index (χ0) is 12.9. The van der Waals surface area contributed by atoms with Gasteiger partial charge in [0.15, 0.2) is 5.52 Å². The smallest absolute Gasteiger partial charge is 0.276 e. The van der Waals surface area contributed by atoms with E-state index >= 15 is 0 Å². The van der Waals surface area contributed by atoms with Crippen LogP contribution in [0.4, 0.5) is 0 Å². The van der Waals surface area contributed by atoms with Gasteiger partial charge in [0.2, 0.25) is 0 Å². The topological polar surface area (TPSA) is 50.2 Å². The van der Waals surface area contributed by atoms with E-state index in [9.17, 15) is 4.79 Å². The summed E-state index contributed by atoms with van der Waals surface area (Å²) < 4.78 is 1.54. The molecule has 92 valence electrons. The van der Waals surface area contributed by atoms with Crippen molar-refractivity contribution in [1.29, 1.82) is 0 Å². The Balaban J connectivity index is 2.47. The lowest BCUT2D eigenvalue weighted by atomic mass is 10.1. The quantitative estimate of drug-likeness (QED) is 0.697. The van der Waals surface area contributed by atoms with Gasteiger partial charge >= 0.3 is 0 Å². The molecular weight excluding hydrogens is 273 g/mol. The van der Waals surface area contributed by atoms with Crippen molar-refractivity contribution in [3.05, 3.63) is 45.3 Å². The number of aromatic nitrogens is 3. The second-order valence-corrected chi connectivity index (χ2v) is 5.16. The summed E-state index contributed by atoms with van der Waals surface area (Å²) in [7, 11) is 0. The molecule has 0 amide bonds. The van der Waals surface area contributed by atoms with Crippen molar-refractivity contribution in [2.75, 3.05) is 0 Å². The Kier molecular flexibility index (Phi) is 2.57. The first kappa shape index (κ1) is 11.6. The maximum Gasteiger partial charge on any atom is 0.276 e. The number of nitrogens with one attached hydrogen (secondary N) is 1. The van der Waals surface area contributed by atoms with Crippen LogP contribution in [0.15, 0.2) is 29.2 Å². The molecule has 4 nitrogen and oxygen atoms in total. The Labute approximate surface area is 112 Å². The van der Waals surface area contributed by atoms with Crippen LogP contribution in [-0.2, 0) is 0 Å². The molecule has 6 heteroatoms. The number of hydrogen-bond donors (Lipinski definition) is 1. The molecular formula is C12H9Cl2N3O. The highest BCUT2D eigenvalue weighted by Crippen LogP contribution is 2.24. The maximum absolute atomic E-state index is 11.9. The van der Waals surface area contributed by atoms with E-state index in [1.54, 1.807) is 4.52 Å². The number of benzene rings is 1. The molecule has 0 fully saturated rings. The highest BCUT2D eigenvalue weighted by molar-refractivity contribution is 6.33. The average Bonchev–Trinajstić information content (AvgIpc) is 2.71. The summed E-state index contributed by atoms with van der Waals surface area (Å²) in [6, 6.07) is 5.63. The Morgan fingerprint density at radius 3 is 2.94 bits per heavy atom. The van der Waals surface area contributed by atoms with E-state index < -0.39 is 0 Å². The van der Waals surface area contributed by atoms with Gasteiger partial charge < -0.3 is 4.98 Å². The third-order valence-corrected chi connectivity index (χ3v) is 3.42. The van der Waals surface area contributed by atoms with Gasteiger partial charge in [-0.15, -0.1) is 11.6 Å². The van der Waals surface area contributed by atoms with Crippen LogP contribution in [0.5, 0.6) is 0 Å². The third-order valence-electron chi connectivity index (χ3n) is 2.90. The first-order valence-corrected chi connectivity index (χ1v) is 6.22. The van der Waals surface area contributed by atoms with E-state index in [1.807, 2.05) is 25.1 Å². The lowest BCUT2D eigenvalue weighted by molar-refractivity contribution is 0.983. The fourth-order valence-electron chi connectivity index (χ4n) is 1.98. The Hall–Kier alpha value is -1.52. The van der Waals surface area contributed by atoms with Crippen molar-refractivity contribution in [2.24, 2.45) is 0 Å². The molecule has 0 saturated heterocycles. The van der Waals surface area contributed by atoms with Crippen molar-refractivity contribution >= 4 is 39.8 Å². The number of halogens is 2. The lowest BCUT2D eigenvalue weighted by Gasteiger charge is -2.06. The number of H-pyrrole nitrogens is 1. The van der Waals surface area contributed by atoms with E-state index in [4.69, 9.17) is 23.2 Å². The zero-order valence-corrected chi connectivity index (χ0v) is 11.0. The minimum atomic E-state index is -0.260. The molecule has 0 spiro atoms. The van der Waals surface area contributed by atoms with Crippen molar-refractivity contribution < 1.29 is 0 Å². The number of rotatable bonds is 1. The van der Waals surface area contributed by atoms with E-state index in [0.29, 0.717) is 16.1 Å². The monoisotopic (exact) mass is 281 g/mol. The van der Waals surface area contributed by atoms with Crippen LogP contribution >= 0.6 is 23.2 Å². The SMILES string of the molecule is CC(Cl)c1ccc2c(c1)[nH]c(=O)c1c(Cl)cnn12. The second-order valence-electron chi connectivity index (χ2n) is 4.10. The molecule has 0 aliphatic heterocycles. The van der Waals surface area contributed by atoms with E-state index in [2.05, 4.69) is 10.1 Å². The van der Waals surface area contributed by atoms with Gasteiger partial charge in [-0.3, -0.25) is 4.79 Å². The van der Waals surface area contributed by atoms with Gasteiger partial charge in [0.1, 0.15) is 0 Å². The summed E-state index contributed by atoms with van der Waals surface area (Å²) in [6.45, 7) is 1.88. The Morgan fingerprint density at radius 1 is 1.44 bits per heavy atom. The van der Waals surface area contributed by atoms with E-state index in [1.165, 1.54) is 6.20 Å². The van der Waals surface area contributed by atoms with Crippen LogP contribution in [0.25, 0.3) is 16.6 Å². The summed E-state index contributed by atoms with van der Waals surface area (Å²) in [4.78, 5) is 14.7.